The summed E-state index contributed by atoms with van der Waals surface area (Å²) in [5, 5.41) is 10.8. The van der Waals surface area contributed by atoms with Crippen LogP contribution in [0.3, 0.4) is 0 Å². The molecule has 2 aromatic carbocycles. The molecule has 0 aliphatic carbocycles. The Hall–Kier alpha value is -2.13. The van der Waals surface area contributed by atoms with Crippen LogP contribution in [0.4, 0.5) is 5.82 Å². The van der Waals surface area contributed by atoms with Crippen LogP contribution < -0.4 is 5.73 Å². The zero-order valence-electron chi connectivity index (χ0n) is 9.47. The Morgan fingerprint density at radius 3 is 2.33 bits per heavy atom. The van der Waals surface area contributed by atoms with Gasteiger partial charge in [-0.15, -0.1) is 10.2 Å². The molecule has 0 radical (unpaired) electrons. The van der Waals surface area contributed by atoms with Crippen LogP contribution >= 0.6 is 11.6 Å². The Labute approximate surface area is 109 Å². The third kappa shape index (κ3) is 1.79. The molecule has 18 heavy (non-hydrogen) atoms. The molecular weight excluding hydrogens is 246 g/mol. The average Bonchev–Trinajstić information content (AvgIpc) is 2.41. The summed E-state index contributed by atoms with van der Waals surface area (Å²) in [6, 6.07) is 15.4. The Morgan fingerprint density at radius 2 is 1.61 bits per heavy atom. The maximum Gasteiger partial charge on any atom is 0.146 e. The summed E-state index contributed by atoms with van der Waals surface area (Å²) in [6.07, 6.45) is 0. The Bertz CT molecular complexity index is 708. The van der Waals surface area contributed by atoms with E-state index < -0.39 is 0 Å². The molecule has 0 unspecified atom stereocenters. The first-order valence-electron chi connectivity index (χ1n) is 5.52. The topological polar surface area (TPSA) is 51.8 Å². The van der Waals surface area contributed by atoms with Gasteiger partial charge in [0.05, 0.1) is 5.69 Å². The van der Waals surface area contributed by atoms with Crippen LogP contribution in [0.25, 0.3) is 22.0 Å². The highest BCUT2D eigenvalue weighted by molar-refractivity contribution is 6.36. The van der Waals surface area contributed by atoms with Crippen molar-refractivity contribution in [2.45, 2.75) is 0 Å². The lowest BCUT2D eigenvalue weighted by atomic mass is 10.0. The molecule has 0 bridgehead atoms. The van der Waals surface area contributed by atoms with Gasteiger partial charge in [0.2, 0.25) is 0 Å². The van der Waals surface area contributed by atoms with Crippen LogP contribution in [0, 0.1) is 0 Å². The van der Waals surface area contributed by atoms with Gasteiger partial charge in [0.1, 0.15) is 5.82 Å². The Balaban J connectivity index is 2.30. The molecule has 4 heteroatoms. The van der Waals surface area contributed by atoms with Gasteiger partial charge in [-0.25, -0.2) is 0 Å². The maximum atomic E-state index is 6.19. The molecule has 0 amide bonds. The van der Waals surface area contributed by atoms with Gasteiger partial charge >= 0.3 is 0 Å². The quantitative estimate of drug-likeness (QED) is 0.724. The molecular formula is C14H10ClN3. The zero-order valence-corrected chi connectivity index (χ0v) is 10.2. The first kappa shape index (κ1) is 11.0. The van der Waals surface area contributed by atoms with Crippen molar-refractivity contribution < 1.29 is 0 Å². The van der Waals surface area contributed by atoms with E-state index in [1.807, 2.05) is 42.5 Å². The number of aromatic nitrogens is 2. The molecule has 1 aromatic heterocycles. The highest BCUT2D eigenvalue weighted by atomic mass is 35.5. The molecule has 2 N–H and O–H groups in total. The fraction of sp³-hybridized carbons (Fsp3) is 0. The average molecular weight is 256 g/mol. The van der Waals surface area contributed by atoms with E-state index in [4.69, 9.17) is 17.3 Å². The van der Waals surface area contributed by atoms with Gasteiger partial charge in [-0.3, -0.25) is 0 Å². The van der Waals surface area contributed by atoms with Crippen LogP contribution in [0.2, 0.25) is 5.02 Å². The van der Waals surface area contributed by atoms with Crippen molar-refractivity contribution in [3.05, 3.63) is 53.6 Å². The normalized spacial score (nSPS) is 10.7. The number of hydrogen-bond acceptors (Lipinski definition) is 3. The van der Waals surface area contributed by atoms with Gasteiger partial charge in [-0.05, 0) is 23.6 Å². The summed E-state index contributed by atoms with van der Waals surface area (Å²) in [4.78, 5) is 0. The molecule has 0 aliphatic rings. The number of fused-ring (bicyclic) bond motifs is 1. The third-order valence-electron chi connectivity index (χ3n) is 2.83. The molecule has 1 heterocycles. The molecule has 3 nitrogen and oxygen atoms in total. The summed E-state index contributed by atoms with van der Waals surface area (Å²) in [6.45, 7) is 0. The van der Waals surface area contributed by atoms with Crippen molar-refractivity contribution in [1.82, 2.24) is 10.2 Å². The summed E-state index contributed by atoms with van der Waals surface area (Å²) in [5.41, 5.74) is 7.34. The van der Waals surface area contributed by atoms with E-state index in [1.54, 1.807) is 6.07 Å². The van der Waals surface area contributed by atoms with Gasteiger partial charge in [-0.2, -0.15) is 0 Å². The number of halogens is 1. The number of anilines is 1. The van der Waals surface area contributed by atoms with Crippen LogP contribution in [-0.2, 0) is 0 Å². The van der Waals surface area contributed by atoms with Crippen molar-refractivity contribution in [2.75, 3.05) is 5.73 Å². The van der Waals surface area contributed by atoms with Gasteiger partial charge in [-0.1, -0.05) is 41.9 Å². The van der Waals surface area contributed by atoms with E-state index in [0.717, 1.165) is 27.1 Å². The number of nitrogens with two attached hydrogens (primary N) is 1. The lowest BCUT2D eigenvalue weighted by Gasteiger charge is -2.07. The zero-order chi connectivity index (χ0) is 12.5. The van der Waals surface area contributed by atoms with Crippen molar-refractivity contribution in [2.24, 2.45) is 0 Å². The molecule has 0 fully saturated rings. The fourth-order valence-electron chi connectivity index (χ4n) is 1.97. The molecule has 88 valence electrons. The van der Waals surface area contributed by atoms with E-state index in [2.05, 4.69) is 10.2 Å². The van der Waals surface area contributed by atoms with E-state index in [1.165, 1.54) is 0 Å². The SMILES string of the molecule is Nc1ccc(-c2ccc(Cl)c3ccccc23)nn1. The summed E-state index contributed by atoms with van der Waals surface area (Å²) < 4.78 is 0. The second-order valence-electron chi connectivity index (χ2n) is 3.98. The predicted octanol–water partition coefficient (Wildman–Crippen LogP) is 3.53. The highest BCUT2D eigenvalue weighted by Gasteiger charge is 2.07. The number of benzene rings is 2. The van der Waals surface area contributed by atoms with Crippen molar-refractivity contribution >= 4 is 28.2 Å². The molecule has 0 atom stereocenters. The van der Waals surface area contributed by atoms with Crippen molar-refractivity contribution in [3.63, 3.8) is 0 Å². The summed E-state index contributed by atoms with van der Waals surface area (Å²) >= 11 is 6.19. The standard InChI is InChI=1S/C14H10ClN3/c15-12-6-5-11(9-3-1-2-4-10(9)12)13-7-8-14(16)18-17-13/h1-8H,(H2,16,18). The number of nitrogen functional groups attached to an aromatic ring is 1. The Morgan fingerprint density at radius 1 is 0.833 bits per heavy atom. The van der Waals surface area contributed by atoms with E-state index in [0.29, 0.717) is 5.82 Å². The van der Waals surface area contributed by atoms with E-state index >= 15 is 0 Å². The fourth-order valence-corrected chi connectivity index (χ4v) is 2.20. The molecule has 3 aromatic rings. The van der Waals surface area contributed by atoms with E-state index in [9.17, 15) is 0 Å². The first-order chi connectivity index (χ1) is 8.75. The van der Waals surface area contributed by atoms with Crippen molar-refractivity contribution in [3.8, 4) is 11.3 Å². The minimum atomic E-state index is 0.414. The Kier molecular flexibility index (Phi) is 2.61. The van der Waals surface area contributed by atoms with Crippen LogP contribution in [-0.4, -0.2) is 10.2 Å². The van der Waals surface area contributed by atoms with Crippen LogP contribution in [0.5, 0.6) is 0 Å². The monoisotopic (exact) mass is 255 g/mol. The number of hydrogen-bond donors (Lipinski definition) is 1. The van der Waals surface area contributed by atoms with Gasteiger partial charge in [0.15, 0.2) is 0 Å². The minimum absolute atomic E-state index is 0.414. The highest BCUT2D eigenvalue weighted by Crippen LogP contribution is 2.31. The lowest BCUT2D eigenvalue weighted by molar-refractivity contribution is 1.05. The second-order valence-corrected chi connectivity index (χ2v) is 4.39. The number of nitrogens with zero attached hydrogens (tertiary/aromatic N) is 2. The third-order valence-corrected chi connectivity index (χ3v) is 3.16. The maximum absolute atomic E-state index is 6.19. The van der Waals surface area contributed by atoms with Crippen LogP contribution in [0.15, 0.2) is 48.5 Å². The number of rotatable bonds is 1. The summed E-state index contributed by atoms with van der Waals surface area (Å²) in [5.74, 6) is 0.414. The second kappa shape index (κ2) is 4.27. The molecule has 0 saturated carbocycles. The molecule has 0 saturated heterocycles. The molecule has 3 rings (SSSR count). The van der Waals surface area contributed by atoms with Gasteiger partial charge < -0.3 is 5.73 Å². The largest absolute Gasteiger partial charge is 0.382 e. The minimum Gasteiger partial charge on any atom is -0.382 e. The predicted molar refractivity (Wildman–Crippen MR) is 74.4 cm³/mol. The molecule has 0 aliphatic heterocycles. The first-order valence-corrected chi connectivity index (χ1v) is 5.90. The molecule has 0 spiro atoms. The lowest BCUT2D eigenvalue weighted by Crippen LogP contribution is -1.94. The smallest absolute Gasteiger partial charge is 0.146 e. The van der Waals surface area contributed by atoms with Crippen LogP contribution in [0.1, 0.15) is 0 Å². The van der Waals surface area contributed by atoms with Crippen molar-refractivity contribution in [1.29, 1.82) is 0 Å². The van der Waals surface area contributed by atoms with E-state index in [-0.39, 0.29) is 0 Å². The van der Waals surface area contributed by atoms with Gasteiger partial charge in [0, 0.05) is 16.0 Å². The summed E-state index contributed by atoms with van der Waals surface area (Å²) in [7, 11) is 0. The van der Waals surface area contributed by atoms with Gasteiger partial charge in [0.25, 0.3) is 0 Å².